The lowest BCUT2D eigenvalue weighted by molar-refractivity contribution is -0.326. The number of anilines is 3. The number of nitrogens with zero attached hydrogens (tertiary/aromatic N) is 1. The van der Waals surface area contributed by atoms with E-state index >= 15 is 0 Å². The summed E-state index contributed by atoms with van der Waals surface area (Å²) < 4.78 is 1.22. The molecule has 0 amide bonds. The minimum Gasteiger partial charge on any atom is -0.758 e. The fourth-order valence-electron chi connectivity index (χ4n) is 7.77. The van der Waals surface area contributed by atoms with E-state index in [4.69, 9.17) is 0 Å². The Morgan fingerprint density at radius 3 is 1.12 bits per heavy atom. The van der Waals surface area contributed by atoms with Crippen molar-refractivity contribution < 1.29 is 22.6 Å². The molecule has 0 unspecified atom stereocenters. The minimum absolute atomic E-state index is 1.11. The highest BCUT2D eigenvalue weighted by Crippen LogP contribution is 2.43. The molecule has 9 rings (SSSR count). The largest absolute Gasteiger partial charge is 0.758 e. The summed E-state index contributed by atoms with van der Waals surface area (Å²) in [5.74, 6) is 0. The van der Waals surface area contributed by atoms with Crippen molar-refractivity contribution in [3.8, 4) is 33.4 Å². The molecule has 0 heterocycles. The molecule has 0 aromatic heterocycles. The molecule has 1 nitrogen and oxygen atoms in total. The number of aryl methyl sites for hydroxylation is 2. The predicted octanol–water partition coefficient (Wildman–Crippen LogP) is 11.0. The van der Waals surface area contributed by atoms with Crippen LogP contribution in [0.15, 0.2) is 182 Å². The first kappa shape index (κ1) is 32.2. The van der Waals surface area contributed by atoms with E-state index in [0.29, 0.717) is 0 Å². The van der Waals surface area contributed by atoms with Crippen LogP contribution in [0.1, 0.15) is 11.1 Å². The molecule has 1 radical (unpaired) electrons. The summed E-state index contributed by atoms with van der Waals surface area (Å²) in [6, 6.07) is 66.7. The van der Waals surface area contributed by atoms with Gasteiger partial charge in [-0.15, -0.1) is 0 Å². The van der Waals surface area contributed by atoms with Gasteiger partial charge < -0.3 is 27.5 Å². The van der Waals surface area contributed by atoms with Crippen molar-refractivity contribution in [3.63, 3.8) is 0 Å². The van der Waals surface area contributed by atoms with Crippen LogP contribution >= 0.6 is 0 Å². The van der Waals surface area contributed by atoms with Gasteiger partial charge in [-0.05, 0) is 127 Å². The first-order valence-corrected chi connectivity index (χ1v) is 18.9. The van der Waals surface area contributed by atoms with Gasteiger partial charge in [-0.25, -0.2) is 0 Å². The van der Waals surface area contributed by atoms with E-state index in [1.807, 2.05) is 0 Å². The van der Waals surface area contributed by atoms with Gasteiger partial charge in [-0.1, -0.05) is 146 Å². The molecule has 0 saturated heterocycles. The van der Waals surface area contributed by atoms with E-state index in [2.05, 4.69) is 223 Å². The summed E-state index contributed by atoms with van der Waals surface area (Å²) in [5.41, 5.74) is 13.3. The van der Waals surface area contributed by atoms with Crippen molar-refractivity contribution in [2.75, 3.05) is 4.90 Å². The molecule has 0 bridgehead atoms. The molecule has 9 aromatic rings. The first-order valence-electron chi connectivity index (χ1n) is 17.8. The van der Waals surface area contributed by atoms with Crippen LogP contribution in [0.4, 0.5) is 17.1 Å². The summed E-state index contributed by atoms with van der Waals surface area (Å²) in [5, 5.41) is 7.52. The maximum absolute atomic E-state index is 2.50. The van der Waals surface area contributed by atoms with Gasteiger partial charge in [0.1, 0.15) is 0 Å². The SMILES string of the molecule is Cc1ccc(N(c2ccc(C)c(-c3cccc4ccccc34)c2)c2ccc([I-])c(-c3cccc4ccccc34)c2)cc1-c1cccc2ccccc12. The van der Waals surface area contributed by atoms with E-state index in [-0.39, 0.29) is 0 Å². The molecule has 0 spiro atoms. The highest BCUT2D eigenvalue weighted by Gasteiger charge is 2.19. The number of fused-ring (bicyclic) bond motifs is 3. The van der Waals surface area contributed by atoms with Crippen molar-refractivity contribution in [1.82, 2.24) is 0 Å². The zero-order valence-electron chi connectivity index (χ0n) is 29.1. The lowest BCUT2D eigenvalue weighted by Crippen LogP contribution is -3.34. The quantitative estimate of drug-likeness (QED) is 0.152. The van der Waals surface area contributed by atoms with Gasteiger partial charge in [-0.2, -0.15) is 3.57 Å². The molecular weight excluding hydrogens is 741 g/mol. The molecule has 0 aliphatic heterocycles. The maximum atomic E-state index is 2.50. The standard InChI is InChI=1S/C50H36IN/c1-33-24-26-38(30-47(33)44-21-9-15-35-12-3-6-18-41(35)44)52(39-27-25-34(2)48(31-39)45-22-10-16-36-13-4-7-19-42(36)45)40-28-29-50(51)49(32-40)46-23-11-17-37-14-5-8-20-43(37)46/h3-32H,1-2H3/q-1. The Balaban J connectivity index is 1.28. The van der Waals surface area contributed by atoms with E-state index in [0.717, 1.165) is 17.1 Å². The second-order valence-electron chi connectivity index (χ2n) is 13.6. The van der Waals surface area contributed by atoms with Crippen molar-refractivity contribution in [1.29, 1.82) is 0 Å². The predicted molar refractivity (Wildman–Crippen MR) is 218 cm³/mol. The van der Waals surface area contributed by atoms with Gasteiger partial charge in [0.2, 0.25) is 0 Å². The highest BCUT2D eigenvalue weighted by atomic mass is 127. The highest BCUT2D eigenvalue weighted by molar-refractivity contribution is 6.01. The third-order valence-electron chi connectivity index (χ3n) is 10.4. The molecule has 9 aromatic carbocycles. The first-order chi connectivity index (χ1) is 25.5. The molecule has 0 N–H and O–H groups in total. The van der Waals surface area contributed by atoms with Gasteiger partial charge in [0.25, 0.3) is 0 Å². The molecule has 0 aliphatic rings. The monoisotopic (exact) mass is 777 g/mol. The van der Waals surface area contributed by atoms with Gasteiger partial charge in [0.15, 0.2) is 0 Å². The summed E-state index contributed by atoms with van der Waals surface area (Å²) in [6.07, 6.45) is 0. The van der Waals surface area contributed by atoms with Crippen LogP contribution in [0, 0.1) is 17.4 Å². The number of hydrogen-bond acceptors (Lipinski definition) is 1. The number of benzene rings is 9. The van der Waals surface area contributed by atoms with E-state index in [9.17, 15) is 0 Å². The van der Waals surface area contributed by atoms with Crippen LogP contribution in [0.25, 0.3) is 65.7 Å². The van der Waals surface area contributed by atoms with Crippen LogP contribution in [0.5, 0.6) is 0 Å². The maximum Gasteiger partial charge on any atom is 0.0467 e. The second kappa shape index (κ2) is 13.4. The average molecular weight is 778 g/mol. The topological polar surface area (TPSA) is 3.24 Å². The molecule has 249 valence electrons. The Morgan fingerprint density at radius 2 is 0.673 bits per heavy atom. The Labute approximate surface area is 319 Å². The smallest absolute Gasteiger partial charge is 0.0467 e. The van der Waals surface area contributed by atoms with E-state index in [1.165, 1.54) is 80.4 Å². The van der Waals surface area contributed by atoms with Crippen molar-refractivity contribution in [2.24, 2.45) is 0 Å². The molecule has 0 fully saturated rings. The number of halogens is 1. The summed E-state index contributed by atoms with van der Waals surface area (Å²) in [6.45, 7) is 4.44. The fourth-order valence-corrected chi connectivity index (χ4v) is 8.39. The summed E-state index contributed by atoms with van der Waals surface area (Å²) >= 11 is 2.50. The van der Waals surface area contributed by atoms with Crippen LogP contribution in [-0.2, 0) is 0 Å². The molecule has 52 heavy (non-hydrogen) atoms. The van der Waals surface area contributed by atoms with Gasteiger partial charge >= 0.3 is 0 Å². The second-order valence-corrected chi connectivity index (χ2v) is 14.7. The summed E-state index contributed by atoms with van der Waals surface area (Å²) in [4.78, 5) is 2.44. The van der Waals surface area contributed by atoms with Gasteiger partial charge in [0.05, 0.1) is 0 Å². The van der Waals surface area contributed by atoms with Gasteiger partial charge in [-0.3, -0.25) is 0 Å². The molecule has 2 heteroatoms. The van der Waals surface area contributed by atoms with Crippen molar-refractivity contribution >= 4 is 49.4 Å². The van der Waals surface area contributed by atoms with Crippen molar-refractivity contribution in [3.05, 3.63) is 197 Å². The zero-order chi connectivity index (χ0) is 35.2. The Morgan fingerprint density at radius 1 is 0.327 bits per heavy atom. The Kier molecular flexibility index (Phi) is 8.33. The molecule has 0 aliphatic carbocycles. The van der Waals surface area contributed by atoms with E-state index in [1.54, 1.807) is 0 Å². The molecule has 0 atom stereocenters. The lowest BCUT2D eigenvalue weighted by Gasteiger charge is -2.29. The van der Waals surface area contributed by atoms with Crippen LogP contribution in [0.2, 0.25) is 0 Å². The molecular formula is C50H36IN-. The van der Waals surface area contributed by atoms with Crippen LogP contribution in [0.3, 0.4) is 0 Å². The molecule has 0 saturated carbocycles. The van der Waals surface area contributed by atoms with Gasteiger partial charge in [0, 0.05) is 17.1 Å². The third-order valence-corrected chi connectivity index (χ3v) is 11.3. The minimum atomic E-state index is 1.11. The Bertz CT molecular complexity index is 2470. The normalized spacial score (nSPS) is 11.4. The Hall–Kier alpha value is -5.71. The van der Waals surface area contributed by atoms with Crippen LogP contribution < -0.4 is 27.5 Å². The lowest BCUT2D eigenvalue weighted by atomic mass is 9.93. The average Bonchev–Trinajstić information content (AvgIpc) is 3.19. The zero-order valence-corrected chi connectivity index (χ0v) is 31.3. The summed E-state index contributed by atoms with van der Waals surface area (Å²) in [7, 11) is 0. The van der Waals surface area contributed by atoms with Crippen LogP contribution in [-0.4, -0.2) is 0 Å². The number of hydrogen-bond donors (Lipinski definition) is 0. The number of rotatable bonds is 6. The third kappa shape index (κ3) is 5.74. The van der Waals surface area contributed by atoms with Crippen molar-refractivity contribution in [2.45, 2.75) is 13.8 Å². The van der Waals surface area contributed by atoms with E-state index < -0.39 is 0 Å². The fraction of sp³-hybridized carbons (Fsp3) is 0.0400.